The lowest BCUT2D eigenvalue weighted by Crippen LogP contribution is -2.02. The van der Waals surface area contributed by atoms with E-state index >= 15 is 0 Å². The van der Waals surface area contributed by atoms with Crippen LogP contribution in [-0.2, 0) is 0 Å². The van der Waals surface area contributed by atoms with Crippen molar-refractivity contribution in [2.45, 2.75) is 11.3 Å². The van der Waals surface area contributed by atoms with E-state index in [9.17, 15) is 4.79 Å². The molecule has 2 heterocycles. The summed E-state index contributed by atoms with van der Waals surface area (Å²) in [5.74, 6) is 1.53. The number of rotatable bonds is 6. The molecule has 0 bridgehead atoms. The van der Waals surface area contributed by atoms with Gasteiger partial charge in [-0.05, 0) is 42.8 Å². The minimum atomic E-state index is -0.00618. The summed E-state index contributed by atoms with van der Waals surface area (Å²) in [6, 6.07) is 10.9. The standard InChI is InChI=1S/C18H14ClN3O3S2/c1-10-2-4-12(7-13(10)19)20-17-21-22-18(27-17)26-8-14(23)11-3-5-15-16(6-11)25-9-24-15/h2-7H,8-9H2,1H3,(H,20,21). The molecule has 0 radical (unpaired) electrons. The molecule has 1 aromatic heterocycles. The summed E-state index contributed by atoms with van der Waals surface area (Å²) in [6.45, 7) is 2.14. The molecular weight excluding hydrogens is 406 g/mol. The minimum absolute atomic E-state index is 0.00618. The molecule has 4 rings (SSSR count). The van der Waals surface area contributed by atoms with Gasteiger partial charge in [0.15, 0.2) is 21.6 Å². The fourth-order valence-corrected chi connectivity index (χ4v) is 4.24. The normalized spacial score (nSPS) is 12.2. The van der Waals surface area contributed by atoms with E-state index < -0.39 is 0 Å². The largest absolute Gasteiger partial charge is 0.454 e. The van der Waals surface area contributed by atoms with Crippen molar-refractivity contribution in [3.8, 4) is 11.5 Å². The first kappa shape index (κ1) is 18.1. The maximum Gasteiger partial charge on any atom is 0.231 e. The van der Waals surface area contributed by atoms with Crippen LogP contribution in [0.15, 0.2) is 40.7 Å². The van der Waals surface area contributed by atoms with Crippen molar-refractivity contribution in [3.63, 3.8) is 0 Å². The zero-order valence-corrected chi connectivity index (χ0v) is 16.6. The molecule has 2 aromatic carbocycles. The molecule has 6 nitrogen and oxygen atoms in total. The van der Waals surface area contributed by atoms with Gasteiger partial charge in [0, 0.05) is 16.3 Å². The zero-order valence-electron chi connectivity index (χ0n) is 14.2. The molecule has 0 saturated heterocycles. The van der Waals surface area contributed by atoms with E-state index in [1.807, 2.05) is 25.1 Å². The third-order valence-electron chi connectivity index (χ3n) is 3.85. The highest BCUT2D eigenvalue weighted by Crippen LogP contribution is 2.34. The quantitative estimate of drug-likeness (QED) is 0.447. The Labute approximate surface area is 168 Å². The van der Waals surface area contributed by atoms with Crippen molar-refractivity contribution in [1.29, 1.82) is 0 Å². The Morgan fingerprint density at radius 3 is 2.93 bits per heavy atom. The summed E-state index contributed by atoms with van der Waals surface area (Å²) in [5.41, 5.74) is 2.44. The summed E-state index contributed by atoms with van der Waals surface area (Å²) in [6.07, 6.45) is 0. The number of hydrogen-bond acceptors (Lipinski definition) is 8. The summed E-state index contributed by atoms with van der Waals surface area (Å²) < 4.78 is 11.3. The van der Waals surface area contributed by atoms with Crippen LogP contribution >= 0.6 is 34.7 Å². The zero-order chi connectivity index (χ0) is 18.8. The number of anilines is 2. The molecule has 0 fully saturated rings. The number of thioether (sulfide) groups is 1. The van der Waals surface area contributed by atoms with Crippen LogP contribution in [0.4, 0.5) is 10.8 Å². The Bertz CT molecular complexity index is 1010. The van der Waals surface area contributed by atoms with E-state index in [0.29, 0.717) is 31.6 Å². The number of nitrogens with zero attached hydrogens (tertiary/aromatic N) is 2. The third-order valence-corrected chi connectivity index (χ3v) is 6.23. The van der Waals surface area contributed by atoms with Gasteiger partial charge in [0.05, 0.1) is 5.75 Å². The molecule has 138 valence electrons. The van der Waals surface area contributed by atoms with E-state index in [-0.39, 0.29) is 18.3 Å². The summed E-state index contributed by atoms with van der Waals surface area (Å²) in [5, 5.41) is 12.7. The summed E-state index contributed by atoms with van der Waals surface area (Å²) in [7, 11) is 0. The molecule has 1 N–H and O–H groups in total. The number of aryl methyl sites for hydroxylation is 1. The van der Waals surface area contributed by atoms with Crippen molar-refractivity contribution >= 4 is 51.3 Å². The Kier molecular flexibility index (Phi) is 5.20. The van der Waals surface area contributed by atoms with Crippen LogP contribution in [0.3, 0.4) is 0 Å². The first-order chi connectivity index (χ1) is 13.1. The molecule has 0 aliphatic carbocycles. The highest BCUT2D eigenvalue weighted by molar-refractivity contribution is 8.01. The highest BCUT2D eigenvalue weighted by atomic mass is 35.5. The first-order valence-corrected chi connectivity index (χ1v) is 10.2. The van der Waals surface area contributed by atoms with Crippen molar-refractivity contribution in [1.82, 2.24) is 10.2 Å². The molecule has 1 aliphatic heterocycles. The minimum Gasteiger partial charge on any atom is -0.454 e. The number of ketones is 1. The van der Waals surface area contributed by atoms with Crippen LogP contribution in [0.1, 0.15) is 15.9 Å². The van der Waals surface area contributed by atoms with Gasteiger partial charge in [-0.2, -0.15) is 0 Å². The Balaban J connectivity index is 1.36. The van der Waals surface area contributed by atoms with Crippen LogP contribution in [0, 0.1) is 6.92 Å². The fourth-order valence-electron chi connectivity index (χ4n) is 2.39. The van der Waals surface area contributed by atoms with E-state index in [1.165, 1.54) is 23.1 Å². The van der Waals surface area contributed by atoms with E-state index in [0.717, 1.165) is 11.3 Å². The second-order valence-electron chi connectivity index (χ2n) is 5.74. The van der Waals surface area contributed by atoms with Crippen LogP contribution in [-0.4, -0.2) is 28.5 Å². The van der Waals surface area contributed by atoms with Gasteiger partial charge in [0.1, 0.15) is 0 Å². The number of Topliss-reactive ketones (excluding diaryl/α,β-unsaturated/α-hetero) is 1. The smallest absolute Gasteiger partial charge is 0.231 e. The number of hydrogen-bond donors (Lipinski definition) is 1. The predicted octanol–water partition coefficient (Wildman–Crippen LogP) is 4.95. The van der Waals surface area contributed by atoms with E-state index in [2.05, 4.69) is 15.5 Å². The van der Waals surface area contributed by atoms with E-state index in [4.69, 9.17) is 21.1 Å². The summed E-state index contributed by atoms with van der Waals surface area (Å²) >= 11 is 8.87. The van der Waals surface area contributed by atoms with Gasteiger partial charge in [-0.3, -0.25) is 4.79 Å². The lowest BCUT2D eigenvalue weighted by molar-refractivity contribution is 0.102. The van der Waals surface area contributed by atoms with Gasteiger partial charge in [-0.25, -0.2) is 0 Å². The average molecular weight is 420 g/mol. The van der Waals surface area contributed by atoms with Gasteiger partial charge in [-0.15, -0.1) is 10.2 Å². The number of ether oxygens (including phenoxy) is 2. The number of aromatic nitrogens is 2. The Hall–Kier alpha value is -2.29. The Morgan fingerprint density at radius 2 is 2.07 bits per heavy atom. The van der Waals surface area contributed by atoms with Crippen molar-refractivity contribution < 1.29 is 14.3 Å². The second kappa shape index (κ2) is 7.75. The maximum absolute atomic E-state index is 12.4. The number of carbonyl (C=O) groups excluding carboxylic acids is 1. The van der Waals surface area contributed by atoms with Gasteiger partial charge in [-0.1, -0.05) is 40.8 Å². The number of fused-ring (bicyclic) bond motifs is 1. The molecule has 1 aliphatic rings. The molecule has 0 saturated carbocycles. The molecule has 0 atom stereocenters. The summed E-state index contributed by atoms with van der Waals surface area (Å²) in [4.78, 5) is 12.4. The van der Waals surface area contributed by atoms with Crippen molar-refractivity contribution in [3.05, 3.63) is 52.5 Å². The molecule has 9 heteroatoms. The third kappa shape index (κ3) is 4.18. The lowest BCUT2D eigenvalue weighted by Gasteiger charge is -2.03. The SMILES string of the molecule is Cc1ccc(Nc2nnc(SCC(=O)c3ccc4c(c3)OCO4)s2)cc1Cl. The lowest BCUT2D eigenvalue weighted by atomic mass is 10.1. The monoisotopic (exact) mass is 419 g/mol. The van der Waals surface area contributed by atoms with Gasteiger partial charge >= 0.3 is 0 Å². The Morgan fingerprint density at radius 1 is 1.22 bits per heavy atom. The van der Waals surface area contributed by atoms with Gasteiger partial charge in [0.2, 0.25) is 11.9 Å². The number of nitrogens with one attached hydrogen (secondary N) is 1. The maximum atomic E-state index is 12.4. The molecule has 27 heavy (non-hydrogen) atoms. The second-order valence-corrected chi connectivity index (χ2v) is 8.35. The van der Waals surface area contributed by atoms with Crippen LogP contribution in [0.2, 0.25) is 5.02 Å². The van der Waals surface area contributed by atoms with Crippen molar-refractivity contribution in [2.24, 2.45) is 0 Å². The van der Waals surface area contributed by atoms with E-state index in [1.54, 1.807) is 18.2 Å². The van der Waals surface area contributed by atoms with Crippen LogP contribution in [0.25, 0.3) is 0 Å². The average Bonchev–Trinajstić information content (AvgIpc) is 3.31. The number of carbonyl (C=O) groups is 1. The number of halogens is 1. The van der Waals surface area contributed by atoms with Crippen molar-refractivity contribution in [2.75, 3.05) is 17.9 Å². The topological polar surface area (TPSA) is 73.3 Å². The molecular formula is C18H14ClN3O3S2. The molecule has 0 amide bonds. The molecule has 0 spiro atoms. The molecule has 0 unspecified atom stereocenters. The fraction of sp³-hybridized carbons (Fsp3) is 0.167. The predicted molar refractivity (Wildman–Crippen MR) is 107 cm³/mol. The number of benzene rings is 2. The highest BCUT2D eigenvalue weighted by Gasteiger charge is 2.17. The first-order valence-electron chi connectivity index (χ1n) is 8.01. The van der Waals surface area contributed by atoms with Gasteiger partial charge in [0.25, 0.3) is 0 Å². The van der Waals surface area contributed by atoms with Gasteiger partial charge < -0.3 is 14.8 Å². The molecule has 3 aromatic rings. The van der Waals surface area contributed by atoms with Crippen LogP contribution in [0.5, 0.6) is 11.5 Å². The van der Waals surface area contributed by atoms with Crippen LogP contribution < -0.4 is 14.8 Å².